The van der Waals surface area contributed by atoms with E-state index in [9.17, 15) is 9.18 Å². The molecule has 0 fully saturated rings. The molecule has 2 heterocycles. The molecule has 150 valence electrons. The van der Waals surface area contributed by atoms with Gasteiger partial charge in [-0.2, -0.15) is 0 Å². The lowest BCUT2D eigenvalue weighted by molar-refractivity contribution is 0.626. The van der Waals surface area contributed by atoms with E-state index in [0.717, 1.165) is 24.1 Å². The molecule has 0 aliphatic carbocycles. The normalized spacial score (nSPS) is 11.6. The summed E-state index contributed by atoms with van der Waals surface area (Å²) in [5, 5.41) is 5.01. The van der Waals surface area contributed by atoms with Crippen LogP contribution in [0, 0.1) is 12.7 Å². The third kappa shape index (κ3) is 3.20. The number of nitrogens with zero attached hydrogens (tertiary/aromatic N) is 4. The molecular weight excluding hydrogens is 379 g/mol. The Bertz CT molecular complexity index is 1100. The number of hydrogen-bond acceptors (Lipinski definition) is 3. The van der Waals surface area contributed by atoms with Gasteiger partial charge in [0.15, 0.2) is 5.82 Å². The highest BCUT2D eigenvalue weighted by atomic mass is 35.5. The summed E-state index contributed by atoms with van der Waals surface area (Å²) in [6.07, 6.45) is 1.90. The number of hydrogen-bond donors (Lipinski definition) is 0. The first-order valence-corrected chi connectivity index (χ1v) is 9.84. The van der Waals surface area contributed by atoms with Crippen LogP contribution in [0.4, 0.5) is 10.1 Å². The van der Waals surface area contributed by atoms with Gasteiger partial charge in [-0.05, 0) is 49.4 Å². The number of anilines is 1. The molecule has 28 heavy (non-hydrogen) atoms. The van der Waals surface area contributed by atoms with Crippen LogP contribution in [-0.4, -0.2) is 28.3 Å². The lowest BCUT2D eigenvalue weighted by Gasteiger charge is -2.17. The van der Waals surface area contributed by atoms with E-state index in [-0.39, 0.29) is 5.56 Å². The Morgan fingerprint density at radius 3 is 2.43 bits per heavy atom. The maximum Gasteiger partial charge on any atom is 0.278 e. The topological polar surface area (TPSA) is 42.5 Å². The van der Waals surface area contributed by atoms with Crippen LogP contribution >= 0.6 is 11.6 Å². The summed E-state index contributed by atoms with van der Waals surface area (Å²) >= 11 is 6.44. The molecule has 3 aromatic rings. The van der Waals surface area contributed by atoms with Crippen molar-refractivity contribution < 1.29 is 4.39 Å². The average molecular weight is 405 g/mol. The average Bonchev–Trinajstić information content (AvgIpc) is 2.97. The Kier molecular flexibility index (Phi) is 5.53. The van der Waals surface area contributed by atoms with Gasteiger partial charge in [-0.15, -0.1) is 5.10 Å². The molecule has 0 aliphatic rings. The molecule has 0 atom stereocenters. The van der Waals surface area contributed by atoms with Crippen LogP contribution in [0.15, 0.2) is 23.0 Å². The van der Waals surface area contributed by atoms with E-state index in [4.69, 9.17) is 11.6 Å². The first kappa shape index (κ1) is 20.4. The fourth-order valence-electron chi connectivity index (χ4n) is 3.74. The molecule has 0 unspecified atom stereocenters. The minimum absolute atomic E-state index is 0.159. The summed E-state index contributed by atoms with van der Waals surface area (Å²) < 4.78 is 17.7. The molecule has 2 aromatic heterocycles. The number of benzene rings is 1. The molecule has 0 amide bonds. The first-order chi connectivity index (χ1) is 13.2. The molecule has 0 saturated heterocycles. The van der Waals surface area contributed by atoms with Gasteiger partial charge in [-0.1, -0.05) is 25.4 Å². The fourth-order valence-corrected chi connectivity index (χ4v) is 3.98. The quantitative estimate of drug-likeness (QED) is 0.615. The zero-order chi connectivity index (χ0) is 20.7. The van der Waals surface area contributed by atoms with E-state index in [1.54, 1.807) is 36.6 Å². The van der Waals surface area contributed by atoms with Crippen molar-refractivity contribution in [3.05, 3.63) is 50.7 Å². The van der Waals surface area contributed by atoms with Crippen LogP contribution in [0.2, 0.25) is 5.02 Å². The highest BCUT2D eigenvalue weighted by Crippen LogP contribution is 2.33. The maximum atomic E-state index is 14.6. The molecule has 7 heteroatoms. The summed E-state index contributed by atoms with van der Waals surface area (Å²) in [7, 11) is 5.14. The molecule has 0 saturated carbocycles. The Hall–Kier alpha value is -2.34. The standard InChI is InChI=1S/C21H26ClFN4O/c1-7-13(8-2)14-9-12(3)27-19(14)21(28)26(6)20(24-27)15-10-17(23)18(25(4)5)11-16(15)22/h9-11,13H,7-8H2,1-6H3. The number of aromatic nitrogens is 3. The van der Waals surface area contributed by atoms with Crippen molar-refractivity contribution >= 4 is 22.8 Å². The van der Waals surface area contributed by atoms with E-state index in [1.165, 1.54) is 10.6 Å². The Morgan fingerprint density at radius 2 is 1.86 bits per heavy atom. The van der Waals surface area contributed by atoms with Crippen LogP contribution < -0.4 is 10.5 Å². The molecule has 1 aromatic carbocycles. The Morgan fingerprint density at radius 1 is 1.21 bits per heavy atom. The number of halogens is 2. The van der Waals surface area contributed by atoms with Crippen LogP contribution in [0.5, 0.6) is 0 Å². The largest absolute Gasteiger partial charge is 0.375 e. The number of aryl methyl sites for hydroxylation is 1. The van der Waals surface area contributed by atoms with Crippen molar-refractivity contribution in [1.29, 1.82) is 0 Å². The molecule has 0 bridgehead atoms. The van der Waals surface area contributed by atoms with Crippen LogP contribution in [0.3, 0.4) is 0 Å². The second kappa shape index (κ2) is 7.59. The van der Waals surface area contributed by atoms with Gasteiger partial charge in [0.05, 0.1) is 10.7 Å². The van der Waals surface area contributed by atoms with Gasteiger partial charge in [0.25, 0.3) is 5.56 Å². The predicted molar refractivity (Wildman–Crippen MR) is 113 cm³/mol. The van der Waals surface area contributed by atoms with Crippen molar-refractivity contribution in [2.45, 2.75) is 39.5 Å². The molecular formula is C21H26ClFN4O. The van der Waals surface area contributed by atoms with E-state index in [0.29, 0.717) is 33.5 Å². The van der Waals surface area contributed by atoms with Gasteiger partial charge < -0.3 is 4.90 Å². The lowest BCUT2D eigenvalue weighted by Crippen LogP contribution is -2.24. The molecule has 0 aliphatic heterocycles. The summed E-state index contributed by atoms with van der Waals surface area (Å²) in [5.74, 6) is 0.214. The van der Waals surface area contributed by atoms with Crippen LogP contribution in [0.25, 0.3) is 16.9 Å². The molecule has 0 spiro atoms. The molecule has 3 rings (SSSR count). The van der Waals surface area contributed by atoms with Gasteiger partial charge in [0.2, 0.25) is 0 Å². The fraction of sp³-hybridized carbons (Fsp3) is 0.429. The van der Waals surface area contributed by atoms with Crippen molar-refractivity contribution in [1.82, 2.24) is 14.2 Å². The SMILES string of the molecule is CCC(CC)c1cc(C)n2nc(-c3cc(F)c(N(C)C)cc3Cl)n(C)c(=O)c12. The zero-order valence-corrected chi connectivity index (χ0v) is 17.9. The van der Waals surface area contributed by atoms with Crippen LogP contribution in [0.1, 0.15) is 43.9 Å². The van der Waals surface area contributed by atoms with Crippen molar-refractivity contribution in [2.24, 2.45) is 7.05 Å². The van der Waals surface area contributed by atoms with E-state index in [1.807, 2.05) is 13.0 Å². The third-order valence-corrected chi connectivity index (χ3v) is 5.70. The van der Waals surface area contributed by atoms with Crippen molar-refractivity contribution in [3.63, 3.8) is 0 Å². The van der Waals surface area contributed by atoms with Crippen molar-refractivity contribution in [2.75, 3.05) is 19.0 Å². The zero-order valence-electron chi connectivity index (χ0n) is 17.2. The monoisotopic (exact) mass is 404 g/mol. The molecule has 5 nitrogen and oxygen atoms in total. The maximum absolute atomic E-state index is 14.6. The van der Waals surface area contributed by atoms with Gasteiger partial charge >= 0.3 is 0 Å². The minimum Gasteiger partial charge on any atom is -0.375 e. The van der Waals surface area contributed by atoms with E-state index < -0.39 is 5.82 Å². The second-order valence-corrected chi connectivity index (χ2v) is 7.79. The highest BCUT2D eigenvalue weighted by Gasteiger charge is 2.22. The summed E-state index contributed by atoms with van der Waals surface area (Å²) in [4.78, 5) is 14.9. The van der Waals surface area contributed by atoms with Crippen molar-refractivity contribution in [3.8, 4) is 11.4 Å². The van der Waals surface area contributed by atoms with Gasteiger partial charge in [-0.3, -0.25) is 9.36 Å². The van der Waals surface area contributed by atoms with Gasteiger partial charge in [-0.25, -0.2) is 8.91 Å². The van der Waals surface area contributed by atoms with Gasteiger partial charge in [0, 0.05) is 32.4 Å². The first-order valence-electron chi connectivity index (χ1n) is 9.47. The summed E-state index contributed by atoms with van der Waals surface area (Å²) in [6, 6.07) is 4.93. The van der Waals surface area contributed by atoms with E-state index in [2.05, 4.69) is 18.9 Å². The number of rotatable bonds is 5. The van der Waals surface area contributed by atoms with E-state index >= 15 is 0 Å². The summed E-state index contributed by atoms with van der Waals surface area (Å²) in [6.45, 7) is 6.16. The third-order valence-electron chi connectivity index (χ3n) is 5.39. The van der Waals surface area contributed by atoms with Crippen LogP contribution in [-0.2, 0) is 7.05 Å². The second-order valence-electron chi connectivity index (χ2n) is 7.38. The smallest absolute Gasteiger partial charge is 0.278 e. The number of fused-ring (bicyclic) bond motifs is 1. The Labute approximate surface area is 169 Å². The lowest BCUT2D eigenvalue weighted by atomic mass is 9.95. The van der Waals surface area contributed by atoms with Gasteiger partial charge in [0.1, 0.15) is 11.3 Å². The Balaban J connectivity index is 2.31. The minimum atomic E-state index is -0.416. The molecule has 0 radical (unpaired) electrons. The predicted octanol–water partition coefficient (Wildman–Crippen LogP) is 4.77. The highest BCUT2D eigenvalue weighted by molar-refractivity contribution is 6.33. The molecule has 0 N–H and O–H groups in total. The summed E-state index contributed by atoms with van der Waals surface area (Å²) in [5.41, 5.74) is 3.09.